The second-order valence-electron chi connectivity index (χ2n) is 9.66. The van der Waals surface area contributed by atoms with Crippen LogP contribution in [-0.4, -0.2) is 59.5 Å². The average molecular weight is 471 g/mol. The summed E-state index contributed by atoms with van der Waals surface area (Å²) in [5.74, 6) is 2.07. The van der Waals surface area contributed by atoms with E-state index in [0.29, 0.717) is 13.2 Å². The molecule has 0 radical (unpaired) electrons. The van der Waals surface area contributed by atoms with Crippen molar-refractivity contribution in [2.24, 2.45) is 0 Å². The third-order valence-electron chi connectivity index (χ3n) is 7.09. The number of rotatable bonds is 7. The third kappa shape index (κ3) is 5.49. The van der Waals surface area contributed by atoms with Gasteiger partial charge in [-0.05, 0) is 43.0 Å². The smallest absolute Gasteiger partial charge is 0.240 e. The van der Waals surface area contributed by atoms with Gasteiger partial charge < -0.3 is 14.5 Å². The Kier molecular flexibility index (Phi) is 7.00. The first-order valence-electron chi connectivity index (χ1n) is 12.5. The average Bonchev–Trinajstić information content (AvgIpc) is 3.25. The summed E-state index contributed by atoms with van der Waals surface area (Å²) in [6.45, 7) is 9.76. The van der Waals surface area contributed by atoms with Crippen molar-refractivity contribution in [1.29, 1.82) is 0 Å². The van der Waals surface area contributed by atoms with Crippen molar-refractivity contribution in [2.75, 3.05) is 37.6 Å². The lowest BCUT2D eigenvalue weighted by atomic mass is 10.1. The van der Waals surface area contributed by atoms with Gasteiger partial charge in [0.25, 0.3) is 0 Å². The number of carbonyl (C=O) groups excluding carboxylic acids is 1. The lowest BCUT2D eigenvalue weighted by Crippen LogP contribution is -2.52. The maximum absolute atomic E-state index is 13.1. The van der Waals surface area contributed by atoms with Gasteiger partial charge in [-0.1, -0.05) is 60.2 Å². The van der Waals surface area contributed by atoms with Crippen molar-refractivity contribution in [1.82, 2.24) is 14.8 Å². The second kappa shape index (κ2) is 10.5. The van der Waals surface area contributed by atoms with E-state index in [4.69, 9.17) is 9.72 Å². The van der Waals surface area contributed by atoms with Crippen LogP contribution in [0.2, 0.25) is 0 Å². The number of pyridine rings is 1. The second-order valence-corrected chi connectivity index (χ2v) is 9.66. The van der Waals surface area contributed by atoms with Crippen LogP contribution in [-0.2, 0) is 17.9 Å². The Bertz CT molecular complexity index is 1140. The largest absolute Gasteiger partial charge is 0.487 e. The van der Waals surface area contributed by atoms with E-state index in [1.807, 2.05) is 29.3 Å². The van der Waals surface area contributed by atoms with Crippen LogP contribution in [0, 0.1) is 13.8 Å². The zero-order valence-corrected chi connectivity index (χ0v) is 20.7. The molecule has 0 spiro atoms. The Balaban J connectivity index is 1.14. The molecule has 2 aliphatic heterocycles. The van der Waals surface area contributed by atoms with E-state index in [1.54, 1.807) is 0 Å². The molecule has 1 amide bonds. The molecule has 5 rings (SSSR count). The van der Waals surface area contributed by atoms with Crippen molar-refractivity contribution < 1.29 is 9.53 Å². The molecule has 182 valence electrons. The molecule has 1 atom stereocenters. The summed E-state index contributed by atoms with van der Waals surface area (Å²) in [6.07, 6.45) is 2.73. The highest BCUT2D eigenvalue weighted by atomic mass is 16.5. The van der Waals surface area contributed by atoms with Crippen LogP contribution < -0.4 is 9.64 Å². The molecule has 1 aromatic heterocycles. The molecule has 0 bridgehead atoms. The maximum Gasteiger partial charge on any atom is 0.240 e. The van der Waals surface area contributed by atoms with E-state index in [9.17, 15) is 4.79 Å². The Morgan fingerprint density at radius 2 is 1.66 bits per heavy atom. The van der Waals surface area contributed by atoms with E-state index < -0.39 is 0 Å². The lowest BCUT2D eigenvalue weighted by Gasteiger charge is -2.38. The molecule has 2 fully saturated rings. The van der Waals surface area contributed by atoms with Crippen LogP contribution in [0.5, 0.6) is 5.75 Å². The molecule has 3 aromatic rings. The van der Waals surface area contributed by atoms with Gasteiger partial charge in [0.2, 0.25) is 5.91 Å². The number of piperazine rings is 1. The van der Waals surface area contributed by atoms with Gasteiger partial charge in [-0.3, -0.25) is 9.69 Å². The van der Waals surface area contributed by atoms with Crippen LogP contribution >= 0.6 is 0 Å². The Morgan fingerprint density at radius 3 is 2.37 bits per heavy atom. The molecular formula is C29H34N4O2. The number of hydrogen-bond donors (Lipinski definition) is 0. The molecule has 1 unspecified atom stereocenters. The van der Waals surface area contributed by atoms with Gasteiger partial charge in [-0.15, -0.1) is 0 Å². The molecule has 0 saturated carbocycles. The Hall–Kier alpha value is -3.38. The summed E-state index contributed by atoms with van der Waals surface area (Å²) in [5, 5.41) is 0. The highest BCUT2D eigenvalue weighted by Gasteiger charge is 2.37. The molecule has 35 heavy (non-hydrogen) atoms. The Labute approximate surface area is 208 Å². The SMILES string of the molecule is Cc1ccc(CN2CCC(N3CCN(c4ncc(OCc5ccccc5)cc4C)CC3)C2=O)cc1. The summed E-state index contributed by atoms with van der Waals surface area (Å²) >= 11 is 0. The number of hydrogen-bond acceptors (Lipinski definition) is 5. The fourth-order valence-corrected chi connectivity index (χ4v) is 5.07. The highest BCUT2D eigenvalue weighted by molar-refractivity contribution is 5.84. The summed E-state index contributed by atoms with van der Waals surface area (Å²) in [6, 6.07) is 20.7. The van der Waals surface area contributed by atoms with Gasteiger partial charge >= 0.3 is 0 Å². The van der Waals surface area contributed by atoms with E-state index in [0.717, 1.165) is 61.8 Å². The van der Waals surface area contributed by atoms with Gasteiger partial charge in [0, 0.05) is 39.3 Å². The number of benzene rings is 2. The first-order chi connectivity index (χ1) is 17.1. The lowest BCUT2D eigenvalue weighted by molar-refractivity contribution is -0.132. The van der Waals surface area contributed by atoms with Crippen LogP contribution in [0.15, 0.2) is 66.9 Å². The van der Waals surface area contributed by atoms with Crippen LogP contribution in [0.4, 0.5) is 5.82 Å². The molecule has 6 heteroatoms. The number of nitrogens with zero attached hydrogens (tertiary/aromatic N) is 4. The van der Waals surface area contributed by atoms with Crippen LogP contribution in [0.1, 0.15) is 28.7 Å². The van der Waals surface area contributed by atoms with Gasteiger partial charge in [0.1, 0.15) is 18.2 Å². The van der Waals surface area contributed by atoms with E-state index >= 15 is 0 Å². The monoisotopic (exact) mass is 470 g/mol. The quantitative estimate of drug-likeness (QED) is 0.518. The van der Waals surface area contributed by atoms with Gasteiger partial charge in [0.15, 0.2) is 0 Å². The first kappa shape index (κ1) is 23.4. The van der Waals surface area contributed by atoms with Gasteiger partial charge in [-0.25, -0.2) is 4.98 Å². The number of aromatic nitrogens is 1. The van der Waals surface area contributed by atoms with E-state index in [-0.39, 0.29) is 11.9 Å². The van der Waals surface area contributed by atoms with Crippen LogP contribution in [0.25, 0.3) is 0 Å². The molecule has 0 N–H and O–H groups in total. The number of amides is 1. The summed E-state index contributed by atoms with van der Waals surface area (Å²) < 4.78 is 5.94. The van der Waals surface area contributed by atoms with Gasteiger partial charge in [0.05, 0.1) is 12.2 Å². The minimum absolute atomic E-state index is 0.00502. The maximum atomic E-state index is 13.1. The standard InChI is InChI=1S/C29H34N4O2/c1-22-8-10-24(11-9-22)20-33-13-12-27(29(33)34)31-14-16-32(17-15-31)28-23(2)18-26(19-30-28)35-21-25-6-4-3-5-7-25/h3-11,18-19,27H,12-17,20-21H2,1-2H3. The predicted octanol–water partition coefficient (Wildman–Crippen LogP) is 4.20. The molecular weight excluding hydrogens is 436 g/mol. The van der Waals surface area contributed by atoms with Crippen molar-refractivity contribution in [3.05, 3.63) is 89.1 Å². The highest BCUT2D eigenvalue weighted by Crippen LogP contribution is 2.26. The number of carbonyl (C=O) groups is 1. The summed E-state index contributed by atoms with van der Waals surface area (Å²) in [7, 11) is 0. The fraction of sp³-hybridized carbons (Fsp3) is 0.379. The zero-order chi connectivity index (χ0) is 24.2. The molecule has 2 saturated heterocycles. The number of aryl methyl sites for hydroxylation is 2. The molecule has 2 aliphatic rings. The number of ether oxygens (including phenoxy) is 1. The van der Waals surface area contributed by atoms with E-state index in [1.165, 1.54) is 11.1 Å². The van der Waals surface area contributed by atoms with Crippen molar-refractivity contribution in [3.8, 4) is 5.75 Å². The fourth-order valence-electron chi connectivity index (χ4n) is 5.07. The number of likely N-dealkylation sites (tertiary alicyclic amines) is 1. The van der Waals surface area contributed by atoms with Crippen molar-refractivity contribution in [2.45, 2.75) is 39.5 Å². The number of anilines is 1. The molecule has 6 nitrogen and oxygen atoms in total. The normalized spacial score (nSPS) is 18.8. The van der Waals surface area contributed by atoms with Gasteiger partial charge in [-0.2, -0.15) is 0 Å². The first-order valence-corrected chi connectivity index (χ1v) is 12.5. The Morgan fingerprint density at radius 1 is 0.914 bits per heavy atom. The summed E-state index contributed by atoms with van der Waals surface area (Å²) in [5.41, 5.74) is 4.71. The summed E-state index contributed by atoms with van der Waals surface area (Å²) in [4.78, 5) is 24.6. The molecule has 2 aromatic carbocycles. The predicted molar refractivity (Wildman–Crippen MR) is 139 cm³/mol. The topological polar surface area (TPSA) is 48.9 Å². The van der Waals surface area contributed by atoms with Crippen molar-refractivity contribution >= 4 is 11.7 Å². The minimum atomic E-state index is 0.00502. The third-order valence-corrected chi connectivity index (χ3v) is 7.09. The van der Waals surface area contributed by atoms with Crippen molar-refractivity contribution in [3.63, 3.8) is 0 Å². The van der Waals surface area contributed by atoms with E-state index in [2.05, 4.69) is 66.1 Å². The zero-order valence-electron chi connectivity index (χ0n) is 20.7. The molecule has 0 aliphatic carbocycles. The van der Waals surface area contributed by atoms with Crippen LogP contribution in [0.3, 0.4) is 0 Å². The minimum Gasteiger partial charge on any atom is -0.487 e. The molecule has 3 heterocycles.